The quantitative estimate of drug-likeness (QED) is 0.819. The second-order valence-electron chi connectivity index (χ2n) is 5.16. The van der Waals surface area contributed by atoms with E-state index in [1.807, 2.05) is 0 Å². The summed E-state index contributed by atoms with van der Waals surface area (Å²) in [4.78, 5) is 40.5. The maximum Gasteiger partial charge on any atom is 0.329 e. The van der Waals surface area contributed by atoms with Crippen LogP contribution in [0, 0.1) is 5.92 Å². The molecule has 0 bridgehead atoms. The molecule has 1 fully saturated rings. The zero-order chi connectivity index (χ0) is 15.3. The summed E-state index contributed by atoms with van der Waals surface area (Å²) in [5.41, 5.74) is 0.921. The second kappa shape index (κ2) is 4.44. The number of hydrogen-bond acceptors (Lipinski definition) is 4. The Morgan fingerprint density at radius 2 is 2.00 bits per heavy atom. The number of hydrogen-bond donors (Lipinski definition) is 1. The molecular weight excluding hydrogens is 276 g/mol. The first-order valence-corrected chi connectivity index (χ1v) is 6.45. The van der Waals surface area contributed by atoms with Gasteiger partial charge in [-0.05, 0) is 12.1 Å². The van der Waals surface area contributed by atoms with Crippen LogP contribution in [0.3, 0.4) is 0 Å². The van der Waals surface area contributed by atoms with E-state index < -0.39 is 11.9 Å². The Kier molecular flexibility index (Phi) is 2.82. The molecule has 0 radical (unpaired) electrons. The summed E-state index contributed by atoms with van der Waals surface area (Å²) in [7, 11) is 3.25. The van der Waals surface area contributed by atoms with Gasteiger partial charge >= 0.3 is 11.7 Å². The van der Waals surface area contributed by atoms with Gasteiger partial charge in [-0.25, -0.2) is 9.78 Å². The number of carboxylic acid groups (broad SMARTS) is 1. The number of nitrogens with zero attached hydrogens (tertiary/aromatic N) is 4. The molecule has 2 aromatic heterocycles. The highest BCUT2D eigenvalue weighted by molar-refractivity contribution is 5.99. The summed E-state index contributed by atoms with van der Waals surface area (Å²) in [6.07, 6.45) is -0.0250. The fourth-order valence-electron chi connectivity index (χ4n) is 2.60. The molecule has 8 nitrogen and oxygen atoms in total. The van der Waals surface area contributed by atoms with Crippen molar-refractivity contribution in [3.8, 4) is 0 Å². The molecule has 2 aromatic rings. The fourth-order valence-corrected chi connectivity index (χ4v) is 2.60. The first-order chi connectivity index (χ1) is 9.90. The highest BCUT2D eigenvalue weighted by atomic mass is 16.4. The summed E-state index contributed by atoms with van der Waals surface area (Å²) >= 11 is 0. The van der Waals surface area contributed by atoms with E-state index in [9.17, 15) is 14.4 Å². The average Bonchev–Trinajstić information content (AvgIpc) is 2.94. The molecule has 1 aliphatic heterocycles. The summed E-state index contributed by atoms with van der Waals surface area (Å²) in [5.74, 6) is -1.60. The molecule has 21 heavy (non-hydrogen) atoms. The van der Waals surface area contributed by atoms with Gasteiger partial charge in [0.1, 0.15) is 5.82 Å². The van der Waals surface area contributed by atoms with Crippen LogP contribution in [0.4, 0.5) is 5.82 Å². The zero-order valence-corrected chi connectivity index (χ0v) is 11.6. The van der Waals surface area contributed by atoms with E-state index in [0.29, 0.717) is 17.0 Å². The molecule has 8 heteroatoms. The molecule has 1 atom stereocenters. The Labute approximate surface area is 119 Å². The largest absolute Gasteiger partial charge is 0.481 e. The molecule has 110 valence electrons. The number of carbonyl (C=O) groups excluding carboxylic acids is 1. The average molecular weight is 290 g/mol. The molecule has 0 aromatic carbocycles. The van der Waals surface area contributed by atoms with Crippen LogP contribution in [0.15, 0.2) is 16.9 Å². The number of rotatable bonds is 2. The lowest BCUT2D eigenvalue weighted by atomic mass is 10.1. The van der Waals surface area contributed by atoms with Crippen LogP contribution in [0.25, 0.3) is 11.2 Å². The molecule has 1 amide bonds. The third-order valence-corrected chi connectivity index (χ3v) is 3.84. The lowest BCUT2D eigenvalue weighted by Gasteiger charge is -2.14. The molecular formula is C13H14N4O4. The number of aliphatic carboxylic acids is 1. The lowest BCUT2D eigenvalue weighted by Crippen LogP contribution is -2.26. The van der Waals surface area contributed by atoms with E-state index >= 15 is 0 Å². The lowest BCUT2D eigenvalue weighted by molar-refractivity contribution is -0.141. The molecule has 1 saturated heterocycles. The topological polar surface area (TPSA) is 97.4 Å². The van der Waals surface area contributed by atoms with Crippen LogP contribution in [0.5, 0.6) is 0 Å². The highest BCUT2D eigenvalue weighted by Crippen LogP contribution is 2.25. The Balaban J connectivity index is 2.06. The molecule has 1 N–H and O–H groups in total. The number of amides is 1. The Bertz CT molecular complexity index is 819. The Hall–Kier alpha value is -2.64. The van der Waals surface area contributed by atoms with Gasteiger partial charge in [0, 0.05) is 27.1 Å². The highest BCUT2D eigenvalue weighted by Gasteiger charge is 2.35. The number of carboxylic acids is 1. The summed E-state index contributed by atoms with van der Waals surface area (Å²) in [6.45, 7) is 0.105. The van der Waals surface area contributed by atoms with Crippen molar-refractivity contribution in [2.24, 2.45) is 20.0 Å². The minimum absolute atomic E-state index is 0.0250. The van der Waals surface area contributed by atoms with Crippen LogP contribution in [0.2, 0.25) is 0 Å². The van der Waals surface area contributed by atoms with E-state index in [1.54, 1.807) is 26.2 Å². The van der Waals surface area contributed by atoms with Crippen LogP contribution in [-0.2, 0) is 23.7 Å². The molecule has 1 aliphatic rings. The molecule has 3 heterocycles. The number of aryl methyl sites for hydroxylation is 2. The van der Waals surface area contributed by atoms with Gasteiger partial charge in [-0.2, -0.15) is 0 Å². The number of imidazole rings is 1. The number of aromatic nitrogens is 3. The summed E-state index contributed by atoms with van der Waals surface area (Å²) < 4.78 is 2.87. The third-order valence-electron chi connectivity index (χ3n) is 3.84. The van der Waals surface area contributed by atoms with Crippen molar-refractivity contribution in [3.63, 3.8) is 0 Å². The zero-order valence-electron chi connectivity index (χ0n) is 11.6. The standard InChI is InChI=1S/C13H14N4O4/c1-15-8-3-4-9(14-11(8)16(2)13(15)21)17-6-7(12(19)20)5-10(17)18/h3-4,7H,5-6H2,1-2H3,(H,19,20). The van der Waals surface area contributed by atoms with E-state index in [4.69, 9.17) is 5.11 Å². The van der Waals surface area contributed by atoms with Gasteiger partial charge in [0.2, 0.25) is 5.91 Å². The van der Waals surface area contributed by atoms with Crippen molar-refractivity contribution in [1.82, 2.24) is 14.1 Å². The maximum atomic E-state index is 11.9. The van der Waals surface area contributed by atoms with Gasteiger partial charge < -0.3 is 5.11 Å². The third kappa shape index (κ3) is 1.91. The van der Waals surface area contributed by atoms with Gasteiger partial charge in [0.15, 0.2) is 5.65 Å². The van der Waals surface area contributed by atoms with Crippen molar-refractivity contribution < 1.29 is 14.7 Å². The second-order valence-corrected chi connectivity index (χ2v) is 5.16. The van der Waals surface area contributed by atoms with Gasteiger partial charge in [0.25, 0.3) is 0 Å². The van der Waals surface area contributed by atoms with Gasteiger partial charge in [-0.15, -0.1) is 0 Å². The van der Waals surface area contributed by atoms with Crippen molar-refractivity contribution in [2.45, 2.75) is 6.42 Å². The summed E-state index contributed by atoms with van der Waals surface area (Å²) in [6, 6.07) is 3.34. The van der Waals surface area contributed by atoms with E-state index in [2.05, 4.69) is 4.98 Å². The van der Waals surface area contributed by atoms with E-state index in [-0.39, 0.29) is 24.6 Å². The van der Waals surface area contributed by atoms with Crippen LogP contribution < -0.4 is 10.6 Å². The monoisotopic (exact) mass is 290 g/mol. The van der Waals surface area contributed by atoms with Crippen molar-refractivity contribution in [3.05, 3.63) is 22.6 Å². The number of pyridine rings is 1. The molecule has 1 unspecified atom stereocenters. The van der Waals surface area contributed by atoms with Crippen molar-refractivity contribution in [2.75, 3.05) is 11.4 Å². The number of carbonyl (C=O) groups is 2. The predicted octanol–water partition coefficient (Wildman–Crippen LogP) is -0.290. The molecule has 0 saturated carbocycles. The van der Waals surface area contributed by atoms with Crippen molar-refractivity contribution >= 4 is 28.9 Å². The van der Waals surface area contributed by atoms with Gasteiger partial charge in [-0.3, -0.25) is 23.6 Å². The Morgan fingerprint density at radius 1 is 1.29 bits per heavy atom. The smallest absolute Gasteiger partial charge is 0.329 e. The number of anilines is 1. The van der Waals surface area contributed by atoms with Crippen LogP contribution >= 0.6 is 0 Å². The molecule has 0 spiro atoms. The molecule has 3 rings (SSSR count). The molecule has 0 aliphatic carbocycles. The minimum atomic E-state index is -0.987. The van der Waals surface area contributed by atoms with E-state index in [1.165, 1.54) is 14.0 Å². The van der Waals surface area contributed by atoms with Crippen molar-refractivity contribution in [1.29, 1.82) is 0 Å². The van der Waals surface area contributed by atoms with E-state index in [0.717, 1.165) is 0 Å². The normalized spacial score (nSPS) is 18.7. The fraction of sp³-hybridized carbons (Fsp3) is 0.385. The minimum Gasteiger partial charge on any atom is -0.481 e. The number of fused-ring (bicyclic) bond motifs is 1. The summed E-state index contributed by atoms with van der Waals surface area (Å²) in [5, 5.41) is 9.00. The van der Waals surface area contributed by atoms with Gasteiger partial charge in [0.05, 0.1) is 11.4 Å². The van der Waals surface area contributed by atoms with Crippen LogP contribution in [0.1, 0.15) is 6.42 Å². The first kappa shape index (κ1) is 13.3. The maximum absolute atomic E-state index is 11.9. The predicted molar refractivity (Wildman–Crippen MR) is 74.1 cm³/mol. The Morgan fingerprint density at radius 3 is 2.62 bits per heavy atom. The van der Waals surface area contributed by atoms with Gasteiger partial charge in [-0.1, -0.05) is 0 Å². The van der Waals surface area contributed by atoms with Crippen LogP contribution in [-0.4, -0.2) is 37.6 Å². The first-order valence-electron chi connectivity index (χ1n) is 6.45. The SMILES string of the molecule is Cn1c(=O)n(C)c2nc(N3CC(C(=O)O)CC3=O)ccc21.